The molecule has 1 unspecified atom stereocenters. The summed E-state index contributed by atoms with van der Waals surface area (Å²) in [7, 11) is 1.97. The summed E-state index contributed by atoms with van der Waals surface area (Å²) in [6.07, 6.45) is 9.22. The standard InChI is InChI=1S/C20H26N6O2/c1-14-9-21-20(22-10-14)24(2)16-4-3-7-25(11-16)19(28)12-26-13-23-17(8-18(26)27)15-5-6-15/h8-10,13,15-16H,3-7,11-12H2,1-2H3. The summed E-state index contributed by atoms with van der Waals surface area (Å²) < 4.78 is 1.41. The first-order valence-electron chi connectivity index (χ1n) is 9.87. The van der Waals surface area contributed by atoms with E-state index in [1.807, 2.05) is 23.8 Å². The fourth-order valence-corrected chi connectivity index (χ4v) is 3.64. The van der Waals surface area contributed by atoms with Crippen LogP contribution in [-0.4, -0.2) is 56.5 Å². The second-order valence-electron chi connectivity index (χ2n) is 7.86. The summed E-state index contributed by atoms with van der Waals surface area (Å²) in [5.41, 5.74) is 1.72. The number of likely N-dealkylation sites (tertiary alicyclic amines) is 1. The minimum atomic E-state index is -0.149. The van der Waals surface area contributed by atoms with E-state index in [2.05, 4.69) is 15.0 Å². The van der Waals surface area contributed by atoms with Crippen LogP contribution in [0.4, 0.5) is 5.95 Å². The largest absolute Gasteiger partial charge is 0.339 e. The quantitative estimate of drug-likeness (QED) is 0.776. The number of hydrogen-bond donors (Lipinski definition) is 0. The number of likely N-dealkylation sites (N-methyl/N-ethyl adjacent to an activating group) is 1. The minimum absolute atomic E-state index is 0.0360. The zero-order valence-corrected chi connectivity index (χ0v) is 16.4. The molecule has 0 bridgehead atoms. The predicted molar refractivity (Wildman–Crippen MR) is 105 cm³/mol. The topological polar surface area (TPSA) is 84.2 Å². The van der Waals surface area contributed by atoms with Crippen molar-refractivity contribution in [2.75, 3.05) is 25.0 Å². The highest BCUT2D eigenvalue weighted by Gasteiger charge is 2.28. The number of aryl methyl sites for hydroxylation is 1. The predicted octanol–water partition coefficient (Wildman–Crippen LogP) is 1.35. The highest BCUT2D eigenvalue weighted by atomic mass is 16.2. The zero-order chi connectivity index (χ0) is 19.7. The number of anilines is 1. The van der Waals surface area contributed by atoms with Crippen molar-refractivity contribution in [1.82, 2.24) is 24.4 Å². The molecule has 1 saturated heterocycles. The summed E-state index contributed by atoms with van der Waals surface area (Å²) >= 11 is 0. The van der Waals surface area contributed by atoms with Crippen molar-refractivity contribution in [2.24, 2.45) is 0 Å². The van der Waals surface area contributed by atoms with Gasteiger partial charge in [-0.1, -0.05) is 0 Å². The van der Waals surface area contributed by atoms with E-state index in [9.17, 15) is 9.59 Å². The van der Waals surface area contributed by atoms with Crippen LogP contribution in [0.3, 0.4) is 0 Å². The van der Waals surface area contributed by atoms with Gasteiger partial charge in [0.05, 0.1) is 12.0 Å². The highest BCUT2D eigenvalue weighted by molar-refractivity contribution is 5.76. The Bertz CT molecular complexity index is 906. The number of carbonyl (C=O) groups is 1. The number of aromatic nitrogens is 4. The van der Waals surface area contributed by atoms with Crippen molar-refractivity contribution in [3.05, 3.63) is 46.4 Å². The van der Waals surface area contributed by atoms with Crippen LogP contribution in [0.25, 0.3) is 0 Å². The first-order chi connectivity index (χ1) is 13.5. The van der Waals surface area contributed by atoms with Gasteiger partial charge >= 0.3 is 0 Å². The molecule has 148 valence electrons. The Morgan fingerprint density at radius 1 is 1.21 bits per heavy atom. The van der Waals surface area contributed by atoms with Gasteiger partial charge in [0.15, 0.2) is 0 Å². The normalized spacial score (nSPS) is 19.5. The van der Waals surface area contributed by atoms with Crippen LogP contribution in [-0.2, 0) is 11.3 Å². The van der Waals surface area contributed by atoms with E-state index in [0.717, 1.165) is 36.9 Å². The minimum Gasteiger partial charge on any atom is -0.339 e. The summed E-state index contributed by atoms with van der Waals surface area (Å²) in [5.74, 6) is 1.05. The van der Waals surface area contributed by atoms with E-state index in [1.54, 1.807) is 18.5 Å². The van der Waals surface area contributed by atoms with Gasteiger partial charge in [0.2, 0.25) is 11.9 Å². The SMILES string of the molecule is Cc1cnc(N(C)C2CCCN(C(=O)Cn3cnc(C4CC4)cc3=O)C2)nc1. The molecule has 2 aliphatic rings. The smallest absolute Gasteiger partial charge is 0.254 e. The van der Waals surface area contributed by atoms with Crippen molar-refractivity contribution in [3.8, 4) is 0 Å². The van der Waals surface area contributed by atoms with Gasteiger partial charge in [-0.05, 0) is 38.2 Å². The summed E-state index contributed by atoms with van der Waals surface area (Å²) in [5, 5.41) is 0. The van der Waals surface area contributed by atoms with Crippen molar-refractivity contribution in [1.29, 1.82) is 0 Å². The molecule has 0 aromatic carbocycles. The van der Waals surface area contributed by atoms with Crippen LogP contribution in [0.15, 0.2) is 29.6 Å². The van der Waals surface area contributed by atoms with Gasteiger partial charge in [0.1, 0.15) is 6.54 Å². The van der Waals surface area contributed by atoms with Crippen LogP contribution in [0, 0.1) is 6.92 Å². The van der Waals surface area contributed by atoms with Gasteiger partial charge in [-0.25, -0.2) is 15.0 Å². The van der Waals surface area contributed by atoms with E-state index >= 15 is 0 Å². The van der Waals surface area contributed by atoms with Gasteiger partial charge in [0, 0.05) is 50.6 Å². The number of carbonyl (C=O) groups excluding carboxylic acids is 1. The van der Waals surface area contributed by atoms with Crippen molar-refractivity contribution >= 4 is 11.9 Å². The third kappa shape index (κ3) is 4.05. The fraction of sp³-hybridized carbons (Fsp3) is 0.550. The first-order valence-corrected chi connectivity index (χ1v) is 9.87. The van der Waals surface area contributed by atoms with Crippen LogP contribution in [0.1, 0.15) is 42.9 Å². The number of amides is 1. The number of hydrogen-bond acceptors (Lipinski definition) is 6. The number of nitrogens with zero attached hydrogens (tertiary/aromatic N) is 6. The molecule has 4 rings (SSSR count). The fourth-order valence-electron chi connectivity index (χ4n) is 3.64. The van der Waals surface area contributed by atoms with Gasteiger partial charge in [-0.3, -0.25) is 14.2 Å². The maximum atomic E-state index is 12.8. The van der Waals surface area contributed by atoms with E-state index in [4.69, 9.17) is 0 Å². The molecule has 0 spiro atoms. The molecule has 2 aromatic rings. The summed E-state index contributed by atoms with van der Waals surface area (Å²) in [4.78, 5) is 42.1. The van der Waals surface area contributed by atoms with Crippen LogP contribution in [0.2, 0.25) is 0 Å². The molecule has 2 fully saturated rings. The van der Waals surface area contributed by atoms with E-state index < -0.39 is 0 Å². The summed E-state index contributed by atoms with van der Waals surface area (Å²) in [6.45, 7) is 3.31. The van der Waals surface area contributed by atoms with E-state index in [-0.39, 0.29) is 24.1 Å². The Morgan fingerprint density at radius 3 is 2.64 bits per heavy atom. The molecule has 28 heavy (non-hydrogen) atoms. The summed E-state index contributed by atoms with van der Waals surface area (Å²) in [6, 6.07) is 1.74. The molecule has 3 heterocycles. The molecule has 1 atom stereocenters. The number of rotatable bonds is 5. The zero-order valence-electron chi connectivity index (χ0n) is 16.4. The maximum Gasteiger partial charge on any atom is 0.254 e. The Kier molecular flexibility index (Phi) is 5.11. The molecular formula is C20H26N6O2. The highest BCUT2D eigenvalue weighted by Crippen LogP contribution is 2.38. The molecule has 0 N–H and O–H groups in total. The molecule has 1 aliphatic heterocycles. The van der Waals surface area contributed by atoms with E-state index in [0.29, 0.717) is 25.0 Å². The molecule has 0 radical (unpaired) electrons. The van der Waals surface area contributed by atoms with Crippen molar-refractivity contribution in [2.45, 2.75) is 51.1 Å². The third-order valence-corrected chi connectivity index (χ3v) is 5.58. The lowest BCUT2D eigenvalue weighted by Gasteiger charge is -2.37. The lowest BCUT2D eigenvalue weighted by atomic mass is 10.0. The molecule has 8 heteroatoms. The average molecular weight is 382 g/mol. The lowest BCUT2D eigenvalue weighted by molar-refractivity contribution is -0.133. The van der Waals surface area contributed by atoms with Gasteiger partial charge in [-0.15, -0.1) is 0 Å². The van der Waals surface area contributed by atoms with Crippen LogP contribution in [0.5, 0.6) is 0 Å². The third-order valence-electron chi connectivity index (χ3n) is 5.58. The molecule has 8 nitrogen and oxygen atoms in total. The Hall–Kier alpha value is -2.77. The van der Waals surface area contributed by atoms with Gasteiger partial charge in [-0.2, -0.15) is 0 Å². The second-order valence-corrected chi connectivity index (χ2v) is 7.86. The van der Waals surface area contributed by atoms with Gasteiger partial charge < -0.3 is 9.80 Å². The molecule has 1 saturated carbocycles. The van der Waals surface area contributed by atoms with Crippen molar-refractivity contribution in [3.63, 3.8) is 0 Å². The van der Waals surface area contributed by atoms with Crippen LogP contribution < -0.4 is 10.5 Å². The van der Waals surface area contributed by atoms with Crippen LogP contribution >= 0.6 is 0 Å². The van der Waals surface area contributed by atoms with Crippen molar-refractivity contribution < 1.29 is 4.79 Å². The van der Waals surface area contributed by atoms with Gasteiger partial charge in [0.25, 0.3) is 5.56 Å². The lowest BCUT2D eigenvalue weighted by Crippen LogP contribution is -2.50. The van der Waals surface area contributed by atoms with E-state index in [1.165, 1.54) is 10.9 Å². The molecule has 1 aliphatic carbocycles. The monoisotopic (exact) mass is 382 g/mol. The maximum absolute atomic E-state index is 12.8. The first kappa shape index (κ1) is 18.6. The Labute approximate surface area is 164 Å². The average Bonchev–Trinajstić information content (AvgIpc) is 3.55. The number of piperidine rings is 1. The molecule has 1 amide bonds. The second kappa shape index (κ2) is 7.69. The molecular weight excluding hydrogens is 356 g/mol. The Morgan fingerprint density at radius 2 is 1.96 bits per heavy atom. The molecule has 2 aromatic heterocycles. The Balaban J connectivity index is 1.40.